The molecule has 102 valence electrons. The van der Waals surface area contributed by atoms with E-state index >= 15 is 0 Å². The lowest BCUT2D eigenvalue weighted by atomic mass is 10.2. The number of hydrogen-bond donors (Lipinski definition) is 1. The van der Waals surface area contributed by atoms with Crippen molar-refractivity contribution in [3.63, 3.8) is 0 Å². The van der Waals surface area contributed by atoms with Crippen molar-refractivity contribution in [2.45, 2.75) is 32.7 Å². The van der Waals surface area contributed by atoms with E-state index in [0.29, 0.717) is 19.2 Å². The first kappa shape index (κ1) is 14.9. The van der Waals surface area contributed by atoms with Gasteiger partial charge in [-0.05, 0) is 24.9 Å². The van der Waals surface area contributed by atoms with Gasteiger partial charge >= 0.3 is 6.01 Å². The molecule has 0 saturated carbocycles. The van der Waals surface area contributed by atoms with Crippen molar-refractivity contribution in [3.05, 3.63) is 5.28 Å². The number of rotatable bonds is 8. The highest BCUT2D eigenvalue weighted by Gasteiger charge is 2.11. The van der Waals surface area contributed by atoms with Crippen LogP contribution in [0.15, 0.2) is 0 Å². The lowest BCUT2D eigenvalue weighted by molar-refractivity contribution is 0.182. The number of hydrogen-bond acceptors (Lipinski definition) is 6. The van der Waals surface area contributed by atoms with Gasteiger partial charge in [0, 0.05) is 7.11 Å². The van der Waals surface area contributed by atoms with Crippen LogP contribution < -0.4 is 10.1 Å². The van der Waals surface area contributed by atoms with E-state index in [2.05, 4.69) is 27.2 Å². The van der Waals surface area contributed by atoms with E-state index in [4.69, 9.17) is 21.1 Å². The fraction of sp³-hybridized carbons (Fsp3) is 0.727. The fourth-order valence-corrected chi connectivity index (χ4v) is 1.67. The molecule has 18 heavy (non-hydrogen) atoms. The predicted octanol–water partition coefficient (Wildman–Crippen LogP) is 2.15. The van der Waals surface area contributed by atoms with Crippen LogP contribution in [-0.4, -0.2) is 41.3 Å². The van der Waals surface area contributed by atoms with Gasteiger partial charge in [-0.3, -0.25) is 0 Å². The van der Waals surface area contributed by atoms with Gasteiger partial charge in [-0.2, -0.15) is 15.0 Å². The lowest BCUT2D eigenvalue weighted by Gasteiger charge is -2.17. The van der Waals surface area contributed by atoms with Crippen LogP contribution in [0.2, 0.25) is 5.28 Å². The first-order valence-corrected chi connectivity index (χ1v) is 6.37. The summed E-state index contributed by atoms with van der Waals surface area (Å²) in [5.74, 6) is 0.411. The second-order valence-corrected chi connectivity index (χ2v) is 4.07. The molecule has 7 heteroatoms. The van der Waals surface area contributed by atoms with Crippen molar-refractivity contribution in [2.75, 3.05) is 25.6 Å². The van der Waals surface area contributed by atoms with Crippen LogP contribution in [0, 0.1) is 0 Å². The fourth-order valence-electron chi connectivity index (χ4n) is 1.52. The van der Waals surface area contributed by atoms with Crippen LogP contribution in [0.1, 0.15) is 26.7 Å². The standard InChI is InChI=1S/C11H19ClN4O2/c1-4-6-8(7-17-3)13-10-14-9(12)15-11(16-10)18-5-2/h8H,4-7H2,1-3H3,(H,13,14,15,16). The summed E-state index contributed by atoms with van der Waals surface area (Å²) < 4.78 is 10.3. The molecule has 0 radical (unpaired) electrons. The zero-order valence-electron chi connectivity index (χ0n) is 10.9. The van der Waals surface area contributed by atoms with Crippen LogP contribution in [0.25, 0.3) is 0 Å². The van der Waals surface area contributed by atoms with Crippen LogP contribution >= 0.6 is 11.6 Å². The lowest BCUT2D eigenvalue weighted by Crippen LogP contribution is -2.26. The van der Waals surface area contributed by atoms with E-state index < -0.39 is 0 Å². The maximum atomic E-state index is 5.81. The van der Waals surface area contributed by atoms with E-state index in [0.717, 1.165) is 12.8 Å². The first-order chi connectivity index (χ1) is 8.69. The summed E-state index contributed by atoms with van der Waals surface area (Å²) in [5.41, 5.74) is 0. The Morgan fingerprint density at radius 3 is 2.67 bits per heavy atom. The zero-order chi connectivity index (χ0) is 13.4. The zero-order valence-corrected chi connectivity index (χ0v) is 11.7. The molecule has 0 aliphatic rings. The maximum Gasteiger partial charge on any atom is 0.322 e. The Hall–Kier alpha value is -1.14. The third-order valence-corrected chi connectivity index (χ3v) is 2.37. The topological polar surface area (TPSA) is 69.2 Å². The van der Waals surface area contributed by atoms with Gasteiger partial charge in [0.15, 0.2) is 0 Å². The summed E-state index contributed by atoms with van der Waals surface area (Å²) >= 11 is 5.81. The molecule has 1 aromatic rings. The Morgan fingerprint density at radius 1 is 1.28 bits per heavy atom. The Balaban J connectivity index is 2.74. The van der Waals surface area contributed by atoms with Crippen LogP contribution in [0.5, 0.6) is 6.01 Å². The molecule has 0 aromatic carbocycles. The molecule has 0 saturated heterocycles. The summed E-state index contributed by atoms with van der Waals surface area (Å²) in [7, 11) is 1.66. The van der Waals surface area contributed by atoms with Gasteiger partial charge in [0.05, 0.1) is 19.3 Å². The molecule has 0 aliphatic heterocycles. The van der Waals surface area contributed by atoms with Gasteiger partial charge < -0.3 is 14.8 Å². The van der Waals surface area contributed by atoms with Crippen molar-refractivity contribution in [1.29, 1.82) is 0 Å². The van der Waals surface area contributed by atoms with Crippen molar-refractivity contribution in [2.24, 2.45) is 0 Å². The summed E-state index contributed by atoms with van der Waals surface area (Å²) in [6.07, 6.45) is 2.00. The predicted molar refractivity (Wildman–Crippen MR) is 70.2 cm³/mol. The Bertz CT molecular complexity index is 359. The van der Waals surface area contributed by atoms with E-state index in [-0.39, 0.29) is 17.3 Å². The number of nitrogens with zero attached hydrogens (tertiary/aromatic N) is 3. The summed E-state index contributed by atoms with van der Waals surface area (Å²) in [4.78, 5) is 12.0. The number of halogens is 1. The van der Waals surface area contributed by atoms with Crippen molar-refractivity contribution in [1.82, 2.24) is 15.0 Å². The number of methoxy groups -OCH3 is 1. The van der Waals surface area contributed by atoms with Crippen LogP contribution in [0.3, 0.4) is 0 Å². The Labute approximate surface area is 112 Å². The highest BCUT2D eigenvalue weighted by Crippen LogP contribution is 2.13. The SMILES string of the molecule is CCCC(COC)Nc1nc(Cl)nc(OCC)n1. The monoisotopic (exact) mass is 274 g/mol. The molecule has 1 unspecified atom stereocenters. The molecule has 1 N–H and O–H groups in total. The molecule has 0 amide bonds. The molecule has 1 heterocycles. The third kappa shape index (κ3) is 5.01. The highest BCUT2D eigenvalue weighted by molar-refractivity contribution is 6.28. The van der Waals surface area contributed by atoms with Gasteiger partial charge in [-0.1, -0.05) is 13.3 Å². The summed E-state index contributed by atoms with van der Waals surface area (Å²) in [6.45, 7) is 5.03. The van der Waals surface area contributed by atoms with E-state index in [9.17, 15) is 0 Å². The van der Waals surface area contributed by atoms with Gasteiger partial charge in [-0.25, -0.2) is 0 Å². The number of aromatic nitrogens is 3. The smallest absolute Gasteiger partial charge is 0.322 e. The average molecular weight is 275 g/mol. The van der Waals surface area contributed by atoms with Crippen molar-refractivity contribution >= 4 is 17.5 Å². The second kappa shape index (κ2) is 8.05. The van der Waals surface area contributed by atoms with Gasteiger partial charge in [0.1, 0.15) is 0 Å². The molecule has 0 spiro atoms. The minimum atomic E-state index is 0.114. The summed E-state index contributed by atoms with van der Waals surface area (Å²) in [6, 6.07) is 0.376. The third-order valence-electron chi connectivity index (χ3n) is 2.20. The molecule has 1 atom stereocenters. The van der Waals surface area contributed by atoms with E-state index in [1.54, 1.807) is 7.11 Å². The second-order valence-electron chi connectivity index (χ2n) is 3.73. The molecule has 0 aliphatic carbocycles. The van der Waals surface area contributed by atoms with Gasteiger partial charge in [-0.15, -0.1) is 0 Å². The number of anilines is 1. The average Bonchev–Trinajstić information content (AvgIpc) is 2.29. The summed E-state index contributed by atoms with van der Waals surface area (Å²) in [5, 5.41) is 3.28. The molecule has 0 bridgehead atoms. The minimum absolute atomic E-state index is 0.114. The quantitative estimate of drug-likeness (QED) is 0.783. The Kier molecular flexibility index (Phi) is 6.67. The molecular weight excluding hydrogens is 256 g/mol. The van der Waals surface area contributed by atoms with Gasteiger partial charge in [0.25, 0.3) is 0 Å². The van der Waals surface area contributed by atoms with E-state index in [1.807, 2.05) is 6.92 Å². The van der Waals surface area contributed by atoms with Crippen LogP contribution in [-0.2, 0) is 4.74 Å². The van der Waals surface area contributed by atoms with Crippen molar-refractivity contribution in [3.8, 4) is 6.01 Å². The van der Waals surface area contributed by atoms with Gasteiger partial charge in [0.2, 0.25) is 11.2 Å². The van der Waals surface area contributed by atoms with Crippen molar-refractivity contribution < 1.29 is 9.47 Å². The van der Waals surface area contributed by atoms with Crippen LogP contribution in [0.4, 0.5) is 5.95 Å². The highest BCUT2D eigenvalue weighted by atomic mass is 35.5. The molecule has 0 fully saturated rings. The molecule has 1 aromatic heterocycles. The molecule has 6 nitrogen and oxygen atoms in total. The van der Waals surface area contributed by atoms with E-state index in [1.165, 1.54) is 0 Å². The minimum Gasteiger partial charge on any atom is -0.464 e. The molecular formula is C11H19ClN4O2. The number of ether oxygens (including phenoxy) is 2. The Morgan fingerprint density at radius 2 is 2.06 bits per heavy atom. The molecule has 1 rings (SSSR count). The largest absolute Gasteiger partial charge is 0.464 e. The maximum absolute atomic E-state index is 5.81. The normalized spacial score (nSPS) is 12.2. The number of nitrogens with one attached hydrogen (secondary N) is 1. The first-order valence-electron chi connectivity index (χ1n) is 5.99.